The normalized spacial score (nSPS) is 34.9. The number of nitrogens with one attached hydrogen (secondary N) is 1. The molecule has 5 nitrogen and oxygen atoms in total. The minimum absolute atomic E-state index is 0.147. The third kappa shape index (κ3) is 2.96. The van der Waals surface area contributed by atoms with E-state index in [4.69, 9.17) is 0 Å². The molecule has 0 aromatic heterocycles. The minimum atomic E-state index is -0.797. The summed E-state index contributed by atoms with van der Waals surface area (Å²) < 4.78 is 0. The van der Waals surface area contributed by atoms with Gasteiger partial charge in [0.05, 0.1) is 11.8 Å². The lowest BCUT2D eigenvalue weighted by atomic mass is 9.81. The highest BCUT2D eigenvalue weighted by Gasteiger charge is 2.67. The van der Waals surface area contributed by atoms with Gasteiger partial charge in [-0.15, -0.1) is 0 Å². The van der Waals surface area contributed by atoms with Crippen LogP contribution in [0.4, 0.5) is 5.69 Å². The molecular weight excluding hydrogens is 488 g/mol. The summed E-state index contributed by atoms with van der Waals surface area (Å²) in [5, 5.41) is 2.89. The first-order valence-electron chi connectivity index (χ1n) is 9.75. The first-order chi connectivity index (χ1) is 13.2. The third-order valence-corrected chi connectivity index (χ3v) is 9.73. The van der Waals surface area contributed by atoms with Gasteiger partial charge in [-0.3, -0.25) is 19.3 Å². The van der Waals surface area contributed by atoms with Crippen LogP contribution in [0.15, 0.2) is 24.3 Å². The summed E-state index contributed by atoms with van der Waals surface area (Å²) >= 11 is 7.40. The molecule has 1 heterocycles. The van der Waals surface area contributed by atoms with Crippen molar-refractivity contribution in [1.82, 2.24) is 4.90 Å². The number of hydrogen-bond donors (Lipinski definition) is 1. The Hall–Kier alpha value is -1.21. The molecule has 0 radical (unpaired) electrons. The van der Waals surface area contributed by atoms with Gasteiger partial charge in [-0.1, -0.05) is 63.4 Å². The molecule has 1 aliphatic heterocycles. The molecule has 7 heteroatoms. The van der Waals surface area contributed by atoms with E-state index in [0.717, 1.165) is 12.0 Å². The topological polar surface area (TPSA) is 66.5 Å². The lowest BCUT2D eigenvalue weighted by Gasteiger charge is -2.29. The Bertz CT molecular complexity index is 793. The Morgan fingerprint density at radius 3 is 2.00 bits per heavy atom. The van der Waals surface area contributed by atoms with E-state index in [-0.39, 0.29) is 57.0 Å². The summed E-state index contributed by atoms with van der Waals surface area (Å²) in [5.41, 5.74) is 1.77. The SMILES string of the molecule is Cc1ccc(NC(=O)[C@@H](C(C)C)N2C(=O)[C@@H]3[C@@H]4C[C@H]([C@H](Br)[C@@H]4Br)[C@@H]3C2=O)cc1. The van der Waals surface area contributed by atoms with E-state index in [0.29, 0.717) is 5.69 Å². The number of aryl methyl sites for hydroxylation is 1. The van der Waals surface area contributed by atoms with E-state index in [1.165, 1.54) is 4.90 Å². The molecule has 2 aliphatic carbocycles. The average molecular weight is 512 g/mol. The number of halogens is 2. The molecular formula is C21H24Br2N2O3. The summed E-state index contributed by atoms with van der Waals surface area (Å²) in [6.45, 7) is 5.73. The number of likely N-dealkylation sites (tertiary alicyclic amines) is 1. The van der Waals surface area contributed by atoms with Crippen LogP contribution in [0, 0.1) is 36.5 Å². The van der Waals surface area contributed by atoms with Crippen molar-refractivity contribution in [1.29, 1.82) is 0 Å². The molecule has 0 unspecified atom stereocenters. The van der Waals surface area contributed by atoms with Crippen LogP contribution in [0.5, 0.6) is 0 Å². The van der Waals surface area contributed by atoms with Gasteiger partial charge in [-0.05, 0) is 43.2 Å². The van der Waals surface area contributed by atoms with E-state index in [9.17, 15) is 14.4 Å². The Morgan fingerprint density at radius 1 is 1.04 bits per heavy atom. The molecule has 1 aromatic rings. The summed E-state index contributed by atoms with van der Waals surface area (Å²) in [7, 11) is 0. The van der Waals surface area contributed by atoms with Crippen molar-refractivity contribution < 1.29 is 14.4 Å². The number of anilines is 1. The molecule has 1 saturated heterocycles. The highest BCUT2D eigenvalue weighted by Crippen LogP contribution is 2.60. The van der Waals surface area contributed by atoms with Crippen LogP contribution in [-0.2, 0) is 14.4 Å². The number of amides is 3. The van der Waals surface area contributed by atoms with E-state index < -0.39 is 6.04 Å². The zero-order valence-electron chi connectivity index (χ0n) is 16.1. The largest absolute Gasteiger partial charge is 0.324 e. The molecule has 7 atom stereocenters. The van der Waals surface area contributed by atoms with Gasteiger partial charge in [0, 0.05) is 15.3 Å². The highest BCUT2D eigenvalue weighted by molar-refractivity contribution is 9.12. The van der Waals surface area contributed by atoms with Gasteiger partial charge in [0.1, 0.15) is 6.04 Å². The van der Waals surface area contributed by atoms with Gasteiger partial charge in [-0.2, -0.15) is 0 Å². The number of rotatable bonds is 4. The number of hydrogen-bond acceptors (Lipinski definition) is 3. The summed E-state index contributed by atoms with van der Waals surface area (Å²) in [5.74, 6) is -1.14. The molecule has 4 rings (SSSR count). The zero-order valence-corrected chi connectivity index (χ0v) is 19.2. The van der Waals surface area contributed by atoms with Crippen molar-refractivity contribution in [3.63, 3.8) is 0 Å². The molecule has 28 heavy (non-hydrogen) atoms. The minimum Gasteiger partial charge on any atom is -0.324 e. The molecule has 1 N–H and O–H groups in total. The van der Waals surface area contributed by atoms with Crippen molar-refractivity contribution in [2.24, 2.45) is 29.6 Å². The van der Waals surface area contributed by atoms with E-state index >= 15 is 0 Å². The van der Waals surface area contributed by atoms with Gasteiger partial charge in [0.15, 0.2) is 0 Å². The molecule has 1 aromatic carbocycles. The number of alkyl halides is 2. The Labute approximate surface area is 181 Å². The quantitative estimate of drug-likeness (QED) is 0.494. The average Bonchev–Trinajstić information content (AvgIpc) is 3.24. The molecule has 3 fully saturated rings. The van der Waals surface area contributed by atoms with Gasteiger partial charge >= 0.3 is 0 Å². The highest BCUT2D eigenvalue weighted by atomic mass is 79.9. The van der Waals surface area contributed by atoms with Gasteiger partial charge in [0.2, 0.25) is 17.7 Å². The van der Waals surface area contributed by atoms with Gasteiger partial charge < -0.3 is 5.32 Å². The monoisotopic (exact) mass is 510 g/mol. The fourth-order valence-corrected chi connectivity index (χ4v) is 7.09. The molecule has 150 valence electrons. The second kappa shape index (κ2) is 7.24. The maximum Gasteiger partial charge on any atom is 0.247 e. The predicted molar refractivity (Wildman–Crippen MR) is 114 cm³/mol. The third-order valence-electron chi connectivity index (χ3n) is 6.52. The van der Waals surface area contributed by atoms with E-state index in [2.05, 4.69) is 37.2 Å². The molecule has 3 aliphatic rings. The van der Waals surface area contributed by atoms with E-state index in [1.807, 2.05) is 45.0 Å². The maximum absolute atomic E-state index is 13.3. The van der Waals surface area contributed by atoms with Crippen LogP contribution in [0.3, 0.4) is 0 Å². The van der Waals surface area contributed by atoms with E-state index in [1.54, 1.807) is 0 Å². The van der Waals surface area contributed by atoms with Crippen molar-refractivity contribution in [3.05, 3.63) is 29.8 Å². The Morgan fingerprint density at radius 2 is 1.54 bits per heavy atom. The summed E-state index contributed by atoms with van der Waals surface area (Å²) in [4.78, 5) is 41.3. The van der Waals surface area contributed by atoms with Crippen molar-refractivity contribution in [3.8, 4) is 0 Å². The standard InChI is InChI=1S/C21H24Br2N2O3/c1-9(2)18(19(26)24-11-6-4-10(3)5-7-11)25-20(27)14-12-8-13(15(14)21(25)28)17(23)16(12)22/h4-7,9,12-18H,8H2,1-3H3,(H,24,26)/t12-,13-,14-,15+,16-,17+,18+/m0/s1. The first-order valence-corrected chi connectivity index (χ1v) is 11.6. The number of nitrogens with zero attached hydrogens (tertiary/aromatic N) is 1. The lowest BCUT2D eigenvalue weighted by molar-refractivity contribution is -0.148. The first kappa shape index (κ1) is 20.1. The second-order valence-electron chi connectivity index (χ2n) is 8.59. The number of carbonyl (C=O) groups excluding carboxylic acids is 3. The molecule has 2 saturated carbocycles. The Balaban J connectivity index is 1.60. The Kier molecular flexibility index (Phi) is 5.19. The van der Waals surface area contributed by atoms with Crippen LogP contribution in [0.25, 0.3) is 0 Å². The lowest BCUT2D eigenvalue weighted by Crippen LogP contribution is -2.51. The van der Waals surface area contributed by atoms with Crippen molar-refractivity contribution in [2.75, 3.05) is 5.32 Å². The number of carbonyl (C=O) groups is 3. The smallest absolute Gasteiger partial charge is 0.247 e. The maximum atomic E-state index is 13.3. The summed E-state index contributed by atoms with van der Waals surface area (Å²) in [6.07, 6.45) is 0.883. The fraction of sp³-hybridized carbons (Fsp3) is 0.571. The number of benzene rings is 1. The number of imide groups is 1. The van der Waals surface area contributed by atoms with Crippen molar-refractivity contribution in [2.45, 2.75) is 42.9 Å². The van der Waals surface area contributed by atoms with Crippen LogP contribution in [0.2, 0.25) is 0 Å². The van der Waals surface area contributed by atoms with Crippen molar-refractivity contribution >= 4 is 55.3 Å². The van der Waals surface area contributed by atoms with Crippen LogP contribution in [0.1, 0.15) is 25.8 Å². The predicted octanol–water partition coefficient (Wildman–Crippen LogP) is 3.74. The van der Waals surface area contributed by atoms with Crippen LogP contribution < -0.4 is 5.32 Å². The number of fused-ring (bicyclic) bond motifs is 5. The van der Waals surface area contributed by atoms with Crippen LogP contribution in [-0.4, -0.2) is 38.3 Å². The fourth-order valence-electron chi connectivity index (χ4n) is 5.22. The summed E-state index contributed by atoms with van der Waals surface area (Å²) in [6, 6.07) is 6.70. The van der Waals surface area contributed by atoms with Gasteiger partial charge in [-0.25, -0.2) is 0 Å². The molecule has 0 spiro atoms. The van der Waals surface area contributed by atoms with Gasteiger partial charge in [0.25, 0.3) is 0 Å². The van der Waals surface area contributed by atoms with Crippen LogP contribution >= 0.6 is 31.9 Å². The molecule has 2 bridgehead atoms. The second-order valence-corrected chi connectivity index (χ2v) is 10.7. The molecule has 3 amide bonds. The zero-order chi connectivity index (χ0) is 20.3.